The third kappa shape index (κ3) is 4.04. The summed E-state index contributed by atoms with van der Waals surface area (Å²) in [6.45, 7) is 5.28. The van der Waals surface area contributed by atoms with Crippen molar-refractivity contribution in [1.82, 2.24) is 9.88 Å². The van der Waals surface area contributed by atoms with Crippen LogP contribution in [0.15, 0.2) is 24.4 Å². The minimum Gasteiger partial charge on any atom is -0.394 e. The summed E-state index contributed by atoms with van der Waals surface area (Å²) in [5.74, 6) is -2.21. The first-order chi connectivity index (χ1) is 15.3. The lowest BCUT2D eigenvalue weighted by Gasteiger charge is -2.36. The molecule has 0 aliphatic carbocycles. The highest BCUT2D eigenvalue weighted by atomic mass is 19.1. The van der Waals surface area contributed by atoms with Gasteiger partial charge in [-0.25, -0.2) is 13.8 Å². The number of pyridine rings is 1. The van der Waals surface area contributed by atoms with E-state index in [1.54, 1.807) is 6.20 Å². The summed E-state index contributed by atoms with van der Waals surface area (Å²) in [5.41, 5.74) is 1.49. The number of hydrogen-bond donors (Lipinski definition) is 1. The largest absolute Gasteiger partial charge is 0.394 e. The van der Waals surface area contributed by atoms with Crippen molar-refractivity contribution in [3.63, 3.8) is 0 Å². The number of benzene rings is 1. The fourth-order valence-corrected chi connectivity index (χ4v) is 4.49. The number of hydrogen-bond acceptors (Lipinski definition) is 5. The van der Waals surface area contributed by atoms with E-state index in [2.05, 4.69) is 9.88 Å². The van der Waals surface area contributed by atoms with E-state index in [-0.39, 0.29) is 24.6 Å². The number of carbonyl (C=O) groups is 2. The van der Waals surface area contributed by atoms with Gasteiger partial charge in [0.2, 0.25) is 5.91 Å². The molecule has 32 heavy (non-hydrogen) atoms. The van der Waals surface area contributed by atoms with Gasteiger partial charge in [-0.2, -0.15) is 0 Å². The van der Waals surface area contributed by atoms with Gasteiger partial charge in [0.1, 0.15) is 23.0 Å². The van der Waals surface area contributed by atoms with E-state index in [0.29, 0.717) is 32.6 Å². The van der Waals surface area contributed by atoms with Crippen LogP contribution in [0.25, 0.3) is 0 Å². The van der Waals surface area contributed by atoms with Crippen molar-refractivity contribution in [3.05, 3.63) is 52.7 Å². The van der Waals surface area contributed by atoms with Crippen LogP contribution in [-0.2, 0) is 4.79 Å². The Bertz CT molecular complexity index is 1030. The van der Waals surface area contributed by atoms with Gasteiger partial charge in [0, 0.05) is 44.5 Å². The SMILES string of the molecule is Cc1cnc(N2CCN(C(=O)c3c(F)cc(N4C(=O)CC[C@@H]4CO)cc3F)CC2)c(C)c1. The van der Waals surface area contributed by atoms with Crippen molar-refractivity contribution in [2.45, 2.75) is 32.7 Å². The van der Waals surface area contributed by atoms with Gasteiger partial charge in [0.05, 0.1) is 12.6 Å². The minimum atomic E-state index is -1.01. The molecule has 2 aliphatic heterocycles. The molecule has 3 heterocycles. The Balaban J connectivity index is 1.50. The third-order valence-corrected chi connectivity index (χ3v) is 6.11. The van der Waals surface area contributed by atoms with E-state index in [9.17, 15) is 23.5 Å². The highest BCUT2D eigenvalue weighted by Gasteiger charge is 2.34. The molecule has 2 fully saturated rings. The smallest absolute Gasteiger partial charge is 0.259 e. The number of amides is 2. The van der Waals surface area contributed by atoms with Crippen LogP contribution in [0.2, 0.25) is 0 Å². The lowest BCUT2D eigenvalue weighted by molar-refractivity contribution is -0.117. The molecule has 0 spiro atoms. The molecule has 1 atom stereocenters. The second kappa shape index (κ2) is 8.82. The second-order valence-electron chi connectivity index (χ2n) is 8.36. The van der Waals surface area contributed by atoms with Crippen LogP contribution in [0.1, 0.15) is 34.3 Å². The van der Waals surface area contributed by atoms with Gasteiger partial charge in [0.15, 0.2) is 0 Å². The molecule has 0 radical (unpaired) electrons. The number of aromatic nitrogens is 1. The van der Waals surface area contributed by atoms with Crippen molar-refractivity contribution in [2.75, 3.05) is 42.6 Å². The molecule has 0 unspecified atom stereocenters. The van der Waals surface area contributed by atoms with Gasteiger partial charge in [-0.1, -0.05) is 6.07 Å². The minimum absolute atomic E-state index is 0.0174. The Labute approximate surface area is 185 Å². The zero-order valence-corrected chi connectivity index (χ0v) is 18.1. The van der Waals surface area contributed by atoms with Crippen molar-refractivity contribution >= 4 is 23.3 Å². The first-order valence-corrected chi connectivity index (χ1v) is 10.7. The molecule has 2 aromatic rings. The Morgan fingerprint density at radius 1 is 1.12 bits per heavy atom. The molecular formula is C23H26F2N4O3. The van der Waals surface area contributed by atoms with E-state index in [1.165, 1.54) is 9.80 Å². The number of aryl methyl sites for hydroxylation is 2. The fourth-order valence-electron chi connectivity index (χ4n) is 4.49. The lowest BCUT2D eigenvalue weighted by Crippen LogP contribution is -2.49. The van der Waals surface area contributed by atoms with Crippen LogP contribution < -0.4 is 9.80 Å². The van der Waals surface area contributed by atoms with Crippen molar-refractivity contribution in [3.8, 4) is 0 Å². The van der Waals surface area contributed by atoms with Crippen LogP contribution in [0.3, 0.4) is 0 Å². The maximum absolute atomic E-state index is 14.9. The molecule has 2 amide bonds. The number of anilines is 2. The first kappa shape index (κ1) is 22.1. The number of halogens is 2. The Hall–Kier alpha value is -3.07. The van der Waals surface area contributed by atoms with Gasteiger partial charge in [-0.05, 0) is 43.5 Å². The van der Waals surface area contributed by atoms with Gasteiger partial charge >= 0.3 is 0 Å². The second-order valence-corrected chi connectivity index (χ2v) is 8.36. The Kier molecular flexibility index (Phi) is 6.10. The fraction of sp³-hybridized carbons (Fsp3) is 0.435. The van der Waals surface area contributed by atoms with E-state index in [0.717, 1.165) is 29.1 Å². The van der Waals surface area contributed by atoms with Crippen molar-refractivity contribution in [2.24, 2.45) is 0 Å². The molecule has 170 valence electrons. The summed E-state index contributed by atoms with van der Waals surface area (Å²) >= 11 is 0. The summed E-state index contributed by atoms with van der Waals surface area (Å²) in [6.07, 6.45) is 2.41. The molecule has 9 heteroatoms. The topological polar surface area (TPSA) is 77.0 Å². The van der Waals surface area contributed by atoms with Crippen molar-refractivity contribution in [1.29, 1.82) is 0 Å². The predicted octanol–water partition coefficient (Wildman–Crippen LogP) is 2.43. The molecule has 4 rings (SSSR count). The highest BCUT2D eigenvalue weighted by Crippen LogP contribution is 2.30. The van der Waals surface area contributed by atoms with Gasteiger partial charge < -0.3 is 19.8 Å². The Morgan fingerprint density at radius 2 is 1.78 bits per heavy atom. The molecule has 1 N–H and O–H groups in total. The van der Waals surface area contributed by atoms with Crippen LogP contribution in [0.4, 0.5) is 20.3 Å². The average Bonchev–Trinajstić information content (AvgIpc) is 3.14. The lowest BCUT2D eigenvalue weighted by atomic mass is 10.1. The zero-order chi connectivity index (χ0) is 23.0. The summed E-state index contributed by atoms with van der Waals surface area (Å²) in [5, 5.41) is 9.45. The van der Waals surface area contributed by atoms with E-state index in [1.807, 2.05) is 19.9 Å². The summed E-state index contributed by atoms with van der Waals surface area (Å²) in [4.78, 5) is 34.2. The number of nitrogens with zero attached hydrogens (tertiary/aromatic N) is 4. The molecule has 0 bridgehead atoms. The van der Waals surface area contributed by atoms with Gasteiger partial charge in [-0.15, -0.1) is 0 Å². The molecule has 2 aliphatic rings. The summed E-state index contributed by atoms with van der Waals surface area (Å²) < 4.78 is 29.7. The van der Waals surface area contributed by atoms with E-state index >= 15 is 0 Å². The van der Waals surface area contributed by atoms with E-state index in [4.69, 9.17) is 0 Å². The quantitative estimate of drug-likeness (QED) is 0.784. The molecule has 7 nitrogen and oxygen atoms in total. The van der Waals surface area contributed by atoms with Crippen LogP contribution in [0.5, 0.6) is 0 Å². The molecule has 0 saturated carbocycles. The number of aliphatic hydroxyl groups is 1. The van der Waals surface area contributed by atoms with Crippen LogP contribution in [-0.4, -0.2) is 65.6 Å². The normalized spacial score (nSPS) is 19.1. The number of carbonyl (C=O) groups excluding carboxylic acids is 2. The van der Waals surface area contributed by atoms with Gasteiger partial charge in [-0.3, -0.25) is 9.59 Å². The molecule has 1 aromatic heterocycles. The first-order valence-electron chi connectivity index (χ1n) is 10.7. The summed E-state index contributed by atoms with van der Waals surface area (Å²) in [7, 11) is 0. The zero-order valence-electron chi connectivity index (χ0n) is 18.1. The monoisotopic (exact) mass is 444 g/mol. The van der Waals surface area contributed by atoms with Gasteiger partial charge in [0.25, 0.3) is 5.91 Å². The predicted molar refractivity (Wildman–Crippen MR) is 116 cm³/mol. The van der Waals surface area contributed by atoms with Crippen LogP contribution in [0, 0.1) is 25.5 Å². The molecule has 2 saturated heterocycles. The molecular weight excluding hydrogens is 418 g/mol. The van der Waals surface area contributed by atoms with Crippen molar-refractivity contribution < 1.29 is 23.5 Å². The maximum Gasteiger partial charge on any atom is 0.259 e. The number of piperazine rings is 1. The molecule has 1 aromatic carbocycles. The third-order valence-electron chi connectivity index (χ3n) is 6.11. The highest BCUT2D eigenvalue weighted by molar-refractivity contribution is 5.98. The summed E-state index contributed by atoms with van der Waals surface area (Å²) in [6, 6.07) is 3.52. The average molecular weight is 444 g/mol. The Morgan fingerprint density at radius 3 is 2.38 bits per heavy atom. The number of aliphatic hydroxyl groups excluding tert-OH is 1. The standard InChI is InChI=1S/C23H26F2N4O3/c1-14-9-15(2)22(26-12-14)27-5-7-28(8-6-27)23(32)21-18(24)10-17(11-19(21)25)29-16(13-30)3-4-20(29)31/h9-12,16,30H,3-8,13H2,1-2H3/t16-/m1/s1. The maximum atomic E-state index is 14.9. The van der Waals surface area contributed by atoms with Crippen LogP contribution >= 0.6 is 0 Å². The van der Waals surface area contributed by atoms with E-state index < -0.39 is 29.1 Å². The number of rotatable bonds is 4.